The van der Waals surface area contributed by atoms with Crippen LogP contribution in [-0.4, -0.2) is 9.78 Å². The maximum absolute atomic E-state index is 12.4. The van der Waals surface area contributed by atoms with E-state index < -0.39 is 11.9 Å². The van der Waals surface area contributed by atoms with E-state index in [-0.39, 0.29) is 0 Å². The zero-order valence-electron chi connectivity index (χ0n) is 10.8. The molecule has 0 spiro atoms. The first-order valence-electron chi connectivity index (χ1n) is 6.06. The number of halogens is 3. The zero-order valence-corrected chi connectivity index (χ0v) is 10.8. The summed E-state index contributed by atoms with van der Waals surface area (Å²) in [7, 11) is 0. The van der Waals surface area contributed by atoms with E-state index in [1.165, 1.54) is 16.4 Å². The molecule has 102 valence electrons. The Morgan fingerprint density at radius 2 is 1.74 bits per heavy atom. The maximum Gasteiger partial charge on any atom is 0.435 e. The van der Waals surface area contributed by atoms with Gasteiger partial charge in [-0.3, -0.25) is 4.68 Å². The quantitative estimate of drug-likeness (QED) is 0.820. The molecule has 0 aliphatic carbocycles. The molecule has 0 amide bonds. The van der Waals surface area contributed by atoms with E-state index in [1.807, 2.05) is 24.3 Å². The molecule has 0 saturated carbocycles. The van der Waals surface area contributed by atoms with Gasteiger partial charge < -0.3 is 0 Å². The van der Waals surface area contributed by atoms with E-state index in [0.717, 1.165) is 11.6 Å². The summed E-state index contributed by atoms with van der Waals surface area (Å²) in [5, 5.41) is 3.53. The van der Waals surface area contributed by atoms with Crippen molar-refractivity contribution in [2.45, 2.75) is 32.5 Å². The van der Waals surface area contributed by atoms with Crippen LogP contribution in [0.3, 0.4) is 0 Å². The number of rotatable bonds is 3. The summed E-state index contributed by atoms with van der Waals surface area (Å²) in [5.41, 5.74) is 1.28. The molecule has 1 aromatic heterocycles. The molecule has 0 bridgehead atoms. The van der Waals surface area contributed by atoms with Crippen LogP contribution in [0.15, 0.2) is 36.5 Å². The van der Waals surface area contributed by atoms with Gasteiger partial charge in [-0.25, -0.2) is 0 Å². The van der Waals surface area contributed by atoms with E-state index in [0.29, 0.717) is 12.5 Å². The van der Waals surface area contributed by atoms with Crippen molar-refractivity contribution in [2.75, 3.05) is 0 Å². The summed E-state index contributed by atoms with van der Waals surface area (Å²) in [6.07, 6.45) is -3.04. The molecule has 0 unspecified atom stereocenters. The van der Waals surface area contributed by atoms with Gasteiger partial charge in [0.05, 0.1) is 6.54 Å². The van der Waals surface area contributed by atoms with E-state index >= 15 is 0 Å². The molecule has 0 saturated heterocycles. The first-order valence-corrected chi connectivity index (χ1v) is 6.06. The summed E-state index contributed by atoms with van der Waals surface area (Å²) in [6, 6.07) is 8.82. The lowest BCUT2D eigenvalue weighted by atomic mass is 10.0. The highest BCUT2D eigenvalue weighted by Gasteiger charge is 2.33. The topological polar surface area (TPSA) is 17.8 Å². The smallest absolute Gasteiger partial charge is 0.268 e. The number of hydrogen-bond donors (Lipinski definition) is 0. The third-order valence-corrected chi connectivity index (χ3v) is 2.92. The minimum absolute atomic E-state index is 0.342. The molecular weight excluding hydrogens is 253 g/mol. The summed E-state index contributed by atoms with van der Waals surface area (Å²) >= 11 is 0. The predicted molar refractivity (Wildman–Crippen MR) is 66.9 cm³/mol. The Balaban J connectivity index is 2.11. The molecule has 0 fully saturated rings. The highest BCUT2D eigenvalue weighted by atomic mass is 19.4. The van der Waals surface area contributed by atoms with Crippen LogP contribution in [0.1, 0.15) is 36.6 Å². The first-order chi connectivity index (χ1) is 8.86. The van der Waals surface area contributed by atoms with Crippen LogP contribution in [0.4, 0.5) is 13.2 Å². The average Bonchev–Trinajstić information content (AvgIpc) is 2.78. The molecule has 0 aliphatic heterocycles. The third-order valence-electron chi connectivity index (χ3n) is 2.92. The largest absolute Gasteiger partial charge is 0.435 e. The Morgan fingerprint density at radius 3 is 2.21 bits per heavy atom. The van der Waals surface area contributed by atoms with Gasteiger partial charge in [-0.05, 0) is 23.1 Å². The van der Waals surface area contributed by atoms with E-state index in [2.05, 4.69) is 18.9 Å². The molecule has 1 aromatic carbocycles. The Hall–Kier alpha value is -1.78. The number of hydrogen-bond acceptors (Lipinski definition) is 1. The third kappa shape index (κ3) is 3.36. The lowest BCUT2D eigenvalue weighted by molar-refractivity contribution is -0.141. The van der Waals surface area contributed by atoms with Crippen molar-refractivity contribution >= 4 is 0 Å². The number of nitrogens with zero attached hydrogens (tertiary/aromatic N) is 2. The summed E-state index contributed by atoms with van der Waals surface area (Å²) in [6.45, 7) is 4.53. The van der Waals surface area contributed by atoms with Crippen molar-refractivity contribution in [1.82, 2.24) is 9.78 Å². The van der Waals surface area contributed by atoms with Gasteiger partial charge in [0.25, 0.3) is 0 Å². The van der Waals surface area contributed by atoms with Crippen LogP contribution in [0.5, 0.6) is 0 Å². The minimum Gasteiger partial charge on any atom is -0.268 e. The Kier molecular flexibility index (Phi) is 3.64. The van der Waals surface area contributed by atoms with Crippen LogP contribution in [0.2, 0.25) is 0 Å². The summed E-state index contributed by atoms with van der Waals surface area (Å²) < 4.78 is 38.5. The van der Waals surface area contributed by atoms with Gasteiger partial charge in [-0.15, -0.1) is 0 Å². The Morgan fingerprint density at radius 1 is 1.11 bits per heavy atom. The standard InChI is InChI=1S/C14H15F3N2/c1-10(2)12-5-3-11(4-6-12)9-19-8-7-13(18-19)14(15,16)17/h3-8,10H,9H2,1-2H3. The average molecular weight is 268 g/mol. The summed E-state index contributed by atoms with van der Waals surface area (Å²) in [4.78, 5) is 0. The zero-order chi connectivity index (χ0) is 14.0. The van der Waals surface area contributed by atoms with Gasteiger partial charge in [0.1, 0.15) is 0 Å². The van der Waals surface area contributed by atoms with Crippen molar-refractivity contribution < 1.29 is 13.2 Å². The van der Waals surface area contributed by atoms with Gasteiger partial charge in [0.2, 0.25) is 0 Å². The Bertz CT molecular complexity index is 539. The highest BCUT2D eigenvalue weighted by Crippen LogP contribution is 2.27. The molecule has 19 heavy (non-hydrogen) atoms. The molecule has 5 heteroatoms. The monoisotopic (exact) mass is 268 g/mol. The fourth-order valence-electron chi connectivity index (χ4n) is 1.80. The normalized spacial score (nSPS) is 12.1. The fourth-order valence-corrected chi connectivity index (χ4v) is 1.80. The number of alkyl halides is 3. The molecule has 0 radical (unpaired) electrons. The van der Waals surface area contributed by atoms with E-state index in [4.69, 9.17) is 0 Å². The molecular formula is C14H15F3N2. The van der Waals surface area contributed by atoms with Gasteiger partial charge in [-0.1, -0.05) is 38.1 Å². The molecule has 0 N–H and O–H groups in total. The van der Waals surface area contributed by atoms with Crippen molar-refractivity contribution in [2.24, 2.45) is 0 Å². The Labute approximate surface area is 109 Å². The number of aromatic nitrogens is 2. The van der Waals surface area contributed by atoms with Crippen LogP contribution >= 0.6 is 0 Å². The van der Waals surface area contributed by atoms with Gasteiger partial charge in [0.15, 0.2) is 5.69 Å². The molecule has 2 aromatic rings. The molecule has 2 nitrogen and oxygen atoms in total. The lowest BCUT2D eigenvalue weighted by Crippen LogP contribution is -2.08. The van der Waals surface area contributed by atoms with Crippen LogP contribution in [-0.2, 0) is 12.7 Å². The lowest BCUT2D eigenvalue weighted by Gasteiger charge is -2.07. The van der Waals surface area contributed by atoms with Crippen LogP contribution < -0.4 is 0 Å². The van der Waals surface area contributed by atoms with Crippen molar-refractivity contribution in [1.29, 1.82) is 0 Å². The SMILES string of the molecule is CC(C)c1ccc(Cn2ccc(C(F)(F)F)n2)cc1. The molecule has 1 heterocycles. The van der Waals surface area contributed by atoms with E-state index in [9.17, 15) is 13.2 Å². The number of benzene rings is 1. The van der Waals surface area contributed by atoms with Crippen LogP contribution in [0, 0.1) is 0 Å². The molecule has 0 atom stereocenters. The second kappa shape index (κ2) is 5.07. The molecule has 2 rings (SSSR count). The van der Waals surface area contributed by atoms with Crippen molar-refractivity contribution in [3.63, 3.8) is 0 Å². The first kappa shape index (κ1) is 13.6. The fraction of sp³-hybridized carbons (Fsp3) is 0.357. The van der Waals surface area contributed by atoms with Gasteiger partial charge in [-0.2, -0.15) is 18.3 Å². The maximum atomic E-state index is 12.4. The highest BCUT2D eigenvalue weighted by molar-refractivity contribution is 5.24. The van der Waals surface area contributed by atoms with E-state index in [1.54, 1.807) is 0 Å². The predicted octanol–water partition coefficient (Wildman–Crippen LogP) is 4.07. The minimum atomic E-state index is -4.38. The second-order valence-electron chi connectivity index (χ2n) is 4.79. The van der Waals surface area contributed by atoms with Crippen molar-refractivity contribution in [3.05, 3.63) is 53.3 Å². The van der Waals surface area contributed by atoms with Crippen molar-refractivity contribution in [3.8, 4) is 0 Å². The summed E-state index contributed by atoms with van der Waals surface area (Å²) in [5.74, 6) is 0.440. The second-order valence-corrected chi connectivity index (χ2v) is 4.79. The van der Waals surface area contributed by atoms with Gasteiger partial charge in [0, 0.05) is 6.20 Å². The van der Waals surface area contributed by atoms with Gasteiger partial charge >= 0.3 is 6.18 Å². The molecule has 0 aliphatic rings. The van der Waals surface area contributed by atoms with Crippen LogP contribution in [0.25, 0.3) is 0 Å².